The quantitative estimate of drug-likeness (QED) is 0.539. The van der Waals surface area contributed by atoms with Crippen molar-refractivity contribution >= 4 is 17.3 Å². The molecule has 0 bridgehead atoms. The molecule has 0 aliphatic heterocycles. The molecule has 7 heteroatoms. The van der Waals surface area contributed by atoms with Gasteiger partial charge in [-0.15, -0.1) is 0 Å². The molecule has 3 N–H and O–H groups in total. The fraction of sp³-hybridized carbons (Fsp3) is 0.368. The summed E-state index contributed by atoms with van der Waals surface area (Å²) in [4.78, 5) is 4.66. The third-order valence-electron chi connectivity index (χ3n) is 4.18. The van der Waals surface area contributed by atoms with Crippen molar-refractivity contribution in [2.75, 3.05) is 23.8 Å². The SMILES string of the molecule is CC(C)c1cnn2c(NCc3ccccc3F)cc(NCCCO)nc12. The molecule has 0 spiro atoms. The van der Waals surface area contributed by atoms with E-state index in [2.05, 4.69) is 34.6 Å². The van der Waals surface area contributed by atoms with Crippen LogP contribution in [0, 0.1) is 5.82 Å². The molecule has 138 valence electrons. The van der Waals surface area contributed by atoms with Gasteiger partial charge in [0.05, 0.1) is 6.20 Å². The van der Waals surface area contributed by atoms with E-state index in [9.17, 15) is 4.39 Å². The molecule has 2 heterocycles. The van der Waals surface area contributed by atoms with Crippen LogP contribution in [0.1, 0.15) is 37.3 Å². The number of nitrogens with one attached hydrogen (secondary N) is 2. The van der Waals surface area contributed by atoms with Crippen LogP contribution in [0.3, 0.4) is 0 Å². The summed E-state index contributed by atoms with van der Waals surface area (Å²) in [5.41, 5.74) is 2.40. The van der Waals surface area contributed by atoms with Gasteiger partial charge < -0.3 is 15.7 Å². The van der Waals surface area contributed by atoms with Crippen molar-refractivity contribution in [3.63, 3.8) is 0 Å². The van der Waals surface area contributed by atoms with Crippen LogP contribution >= 0.6 is 0 Å². The first-order valence-electron chi connectivity index (χ1n) is 8.81. The maximum atomic E-state index is 13.9. The Morgan fingerprint density at radius 1 is 1.23 bits per heavy atom. The van der Waals surface area contributed by atoms with Crippen LogP contribution in [-0.4, -0.2) is 32.9 Å². The second-order valence-electron chi connectivity index (χ2n) is 6.47. The van der Waals surface area contributed by atoms with E-state index in [1.807, 2.05) is 18.3 Å². The zero-order chi connectivity index (χ0) is 18.5. The molecule has 3 aromatic rings. The summed E-state index contributed by atoms with van der Waals surface area (Å²) in [5, 5.41) is 19.9. The number of aromatic nitrogens is 3. The second kappa shape index (κ2) is 8.14. The largest absolute Gasteiger partial charge is 0.396 e. The summed E-state index contributed by atoms with van der Waals surface area (Å²) in [7, 11) is 0. The van der Waals surface area contributed by atoms with E-state index in [4.69, 9.17) is 5.11 Å². The van der Waals surface area contributed by atoms with Crippen LogP contribution in [0.2, 0.25) is 0 Å². The second-order valence-corrected chi connectivity index (χ2v) is 6.47. The van der Waals surface area contributed by atoms with Gasteiger partial charge >= 0.3 is 0 Å². The van der Waals surface area contributed by atoms with Crippen molar-refractivity contribution in [1.29, 1.82) is 0 Å². The summed E-state index contributed by atoms with van der Waals surface area (Å²) >= 11 is 0. The lowest BCUT2D eigenvalue weighted by Gasteiger charge is -2.13. The maximum absolute atomic E-state index is 13.9. The maximum Gasteiger partial charge on any atom is 0.163 e. The molecule has 0 aliphatic rings. The number of nitrogens with zero attached hydrogens (tertiary/aromatic N) is 3. The molecule has 0 aliphatic carbocycles. The van der Waals surface area contributed by atoms with Crippen molar-refractivity contribution in [2.24, 2.45) is 0 Å². The van der Waals surface area contributed by atoms with Crippen LogP contribution < -0.4 is 10.6 Å². The highest BCUT2D eigenvalue weighted by molar-refractivity contribution is 5.61. The molecule has 0 saturated carbocycles. The minimum absolute atomic E-state index is 0.123. The normalized spacial score (nSPS) is 11.3. The first-order chi connectivity index (χ1) is 12.6. The summed E-state index contributed by atoms with van der Waals surface area (Å²) in [6.45, 7) is 5.28. The van der Waals surface area contributed by atoms with Gasteiger partial charge in [0.15, 0.2) is 5.65 Å². The number of aliphatic hydroxyl groups is 1. The Morgan fingerprint density at radius 3 is 2.77 bits per heavy atom. The lowest BCUT2D eigenvalue weighted by molar-refractivity contribution is 0.292. The monoisotopic (exact) mass is 357 g/mol. The van der Waals surface area contributed by atoms with Crippen LogP contribution in [-0.2, 0) is 6.54 Å². The van der Waals surface area contributed by atoms with Gasteiger partial charge in [0.2, 0.25) is 0 Å². The van der Waals surface area contributed by atoms with Gasteiger partial charge in [-0.2, -0.15) is 9.61 Å². The standard InChI is InChI=1S/C19H24FN5O/c1-13(2)15-12-23-25-18(22-11-14-6-3-4-7-16(14)20)10-17(24-19(15)25)21-8-5-9-26/h3-4,6-7,10,12-13,22,26H,5,8-9,11H2,1-2H3,(H,21,24). The number of aliphatic hydroxyl groups excluding tert-OH is 1. The number of halogens is 1. The predicted molar refractivity (Wildman–Crippen MR) is 101 cm³/mol. The molecule has 0 fully saturated rings. The highest BCUT2D eigenvalue weighted by Gasteiger charge is 2.14. The summed E-state index contributed by atoms with van der Waals surface area (Å²) in [6, 6.07) is 8.54. The Kier molecular flexibility index (Phi) is 5.68. The molecule has 1 aromatic carbocycles. The molecule has 0 unspecified atom stereocenters. The van der Waals surface area contributed by atoms with Crippen molar-refractivity contribution in [2.45, 2.75) is 32.7 Å². The fourth-order valence-corrected chi connectivity index (χ4v) is 2.73. The van der Waals surface area contributed by atoms with Gasteiger partial charge in [0.25, 0.3) is 0 Å². The third-order valence-corrected chi connectivity index (χ3v) is 4.18. The van der Waals surface area contributed by atoms with E-state index in [0.717, 1.165) is 17.0 Å². The lowest BCUT2D eigenvalue weighted by atomic mass is 10.1. The summed E-state index contributed by atoms with van der Waals surface area (Å²) < 4.78 is 15.6. The molecule has 0 saturated heterocycles. The van der Waals surface area contributed by atoms with Gasteiger partial charge in [0, 0.05) is 36.9 Å². The van der Waals surface area contributed by atoms with Crippen molar-refractivity contribution < 1.29 is 9.50 Å². The highest BCUT2D eigenvalue weighted by atomic mass is 19.1. The van der Waals surface area contributed by atoms with E-state index in [1.54, 1.807) is 16.6 Å². The minimum Gasteiger partial charge on any atom is -0.396 e. The molecule has 0 atom stereocenters. The lowest BCUT2D eigenvalue weighted by Crippen LogP contribution is -2.11. The Morgan fingerprint density at radius 2 is 2.04 bits per heavy atom. The number of anilines is 2. The van der Waals surface area contributed by atoms with Crippen LogP contribution in [0.4, 0.5) is 16.0 Å². The van der Waals surface area contributed by atoms with E-state index in [0.29, 0.717) is 30.9 Å². The molecular weight excluding hydrogens is 333 g/mol. The van der Waals surface area contributed by atoms with Gasteiger partial charge in [-0.1, -0.05) is 32.0 Å². The first-order valence-corrected chi connectivity index (χ1v) is 8.81. The fourth-order valence-electron chi connectivity index (χ4n) is 2.73. The molecule has 3 rings (SSSR count). The number of benzene rings is 1. The Labute approximate surface area is 152 Å². The molecule has 26 heavy (non-hydrogen) atoms. The third kappa shape index (κ3) is 3.94. The minimum atomic E-state index is -0.241. The zero-order valence-corrected chi connectivity index (χ0v) is 15.0. The number of rotatable bonds is 8. The van der Waals surface area contributed by atoms with Crippen molar-refractivity contribution in [1.82, 2.24) is 14.6 Å². The van der Waals surface area contributed by atoms with E-state index >= 15 is 0 Å². The van der Waals surface area contributed by atoms with Gasteiger partial charge in [0.1, 0.15) is 17.5 Å². The average molecular weight is 357 g/mol. The molecular formula is C19H24FN5O. The van der Waals surface area contributed by atoms with Gasteiger partial charge in [-0.05, 0) is 18.4 Å². The number of hydrogen-bond donors (Lipinski definition) is 3. The molecule has 6 nitrogen and oxygen atoms in total. The molecule has 2 aromatic heterocycles. The smallest absolute Gasteiger partial charge is 0.163 e. The van der Waals surface area contributed by atoms with Crippen molar-refractivity contribution in [3.8, 4) is 0 Å². The number of fused-ring (bicyclic) bond motifs is 1. The number of hydrogen-bond acceptors (Lipinski definition) is 5. The molecule has 0 amide bonds. The summed E-state index contributed by atoms with van der Waals surface area (Å²) in [5.74, 6) is 1.48. The van der Waals surface area contributed by atoms with Crippen LogP contribution in [0.25, 0.3) is 5.65 Å². The Balaban J connectivity index is 1.92. The Hall–Kier alpha value is -2.67. The zero-order valence-electron chi connectivity index (χ0n) is 15.0. The van der Waals surface area contributed by atoms with Crippen LogP contribution in [0.15, 0.2) is 36.5 Å². The van der Waals surface area contributed by atoms with Crippen molar-refractivity contribution in [3.05, 3.63) is 53.5 Å². The van der Waals surface area contributed by atoms with Crippen LogP contribution in [0.5, 0.6) is 0 Å². The van der Waals surface area contributed by atoms with E-state index in [1.165, 1.54) is 6.07 Å². The van der Waals surface area contributed by atoms with Gasteiger partial charge in [-0.25, -0.2) is 9.37 Å². The van der Waals surface area contributed by atoms with E-state index in [-0.39, 0.29) is 18.3 Å². The highest BCUT2D eigenvalue weighted by Crippen LogP contribution is 2.24. The first kappa shape index (κ1) is 18.1. The van der Waals surface area contributed by atoms with Gasteiger partial charge in [-0.3, -0.25) is 0 Å². The topological polar surface area (TPSA) is 74.5 Å². The summed E-state index contributed by atoms with van der Waals surface area (Å²) in [6.07, 6.45) is 2.46. The molecule has 0 radical (unpaired) electrons. The predicted octanol–water partition coefficient (Wildman–Crippen LogP) is 3.40. The Bertz CT molecular complexity index is 877. The van der Waals surface area contributed by atoms with E-state index < -0.39 is 0 Å². The average Bonchev–Trinajstić information content (AvgIpc) is 3.05.